The molecule has 2 atom stereocenters. The third-order valence-electron chi connectivity index (χ3n) is 4.01. The lowest BCUT2D eigenvalue weighted by Crippen LogP contribution is -2.29. The fourth-order valence-electron chi connectivity index (χ4n) is 2.83. The van der Waals surface area contributed by atoms with E-state index in [0.717, 1.165) is 44.2 Å². The molecule has 1 aromatic carbocycles. The highest BCUT2D eigenvalue weighted by Gasteiger charge is 2.33. The first-order valence-corrected chi connectivity index (χ1v) is 6.93. The van der Waals surface area contributed by atoms with Gasteiger partial charge in [0.2, 0.25) is 0 Å². The summed E-state index contributed by atoms with van der Waals surface area (Å²) >= 11 is 0. The van der Waals surface area contributed by atoms with Crippen LogP contribution in [0, 0.1) is 5.92 Å². The highest BCUT2D eigenvalue weighted by atomic mass is 19.4. The van der Waals surface area contributed by atoms with Gasteiger partial charge in [0.15, 0.2) is 0 Å². The van der Waals surface area contributed by atoms with Crippen LogP contribution >= 0.6 is 0 Å². The van der Waals surface area contributed by atoms with Crippen LogP contribution in [0.3, 0.4) is 0 Å². The van der Waals surface area contributed by atoms with Crippen molar-refractivity contribution in [2.24, 2.45) is 5.92 Å². The van der Waals surface area contributed by atoms with Gasteiger partial charge in [-0.3, -0.25) is 0 Å². The van der Waals surface area contributed by atoms with Gasteiger partial charge in [-0.2, -0.15) is 13.2 Å². The molecule has 0 heterocycles. The maximum Gasteiger partial charge on any atom is 0.416 e. The lowest BCUT2D eigenvalue weighted by Gasteiger charge is -2.30. The number of rotatable bonds is 3. The van der Waals surface area contributed by atoms with Gasteiger partial charge in [-0.1, -0.05) is 31.4 Å². The maximum atomic E-state index is 12.6. The Labute approximate surface area is 116 Å². The van der Waals surface area contributed by atoms with Crippen molar-refractivity contribution in [3.63, 3.8) is 0 Å². The highest BCUT2D eigenvalue weighted by Crippen LogP contribution is 2.35. The Morgan fingerprint density at radius 1 is 1.05 bits per heavy atom. The number of halogens is 3. The van der Waals surface area contributed by atoms with Crippen LogP contribution in [0.2, 0.25) is 0 Å². The summed E-state index contributed by atoms with van der Waals surface area (Å²) in [6.07, 6.45) is -1.96. The van der Waals surface area contributed by atoms with Crippen molar-refractivity contribution in [2.45, 2.75) is 50.5 Å². The van der Waals surface area contributed by atoms with Gasteiger partial charge in [-0.05, 0) is 36.5 Å². The summed E-state index contributed by atoms with van der Waals surface area (Å²) in [6.45, 7) is 0. The maximum absolute atomic E-state index is 12.6. The van der Waals surface area contributed by atoms with Crippen LogP contribution in [0.5, 0.6) is 0 Å². The fraction of sp³-hybridized carbons (Fsp3) is 0.600. The molecule has 1 saturated carbocycles. The number of benzene rings is 1. The van der Waals surface area contributed by atoms with E-state index in [-0.39, 0.29) is 11.5 Å². The van der Waals surface area contributed by atoms with E-state index in [1.54, 1.807) is 0 Å². The Hall–Kier alpha value is -1.07. The monoisotopic (exact) mass is 288 g/mol. The molecule has 0 spiro atoms. The van der Waals surface area contributed by atoms with Crippen LogP contribution in [0.1, 0.15) is 49.3 Å². The SMILES string of the molecule is OC(c1cccc(C(F)(F)F)c1)C(O)C1CCCCC1. The van der Waals surface area contributed by atoms with Crippen molar-refractivity contribution in [2.75, 3.05) is 0 Å². The fourth-order valence-corrected chi connectivity index (χ4v) is 2.83. The standard InChI is InChI=1S/C15H19F3O2/c16-15(17,18)12-8-4-7-11(9-12)14(20)13(19)10-5-2-1-3-6-10/h4,7-10,13-14,19-20H,1-3,5-6H2. The van der Waals surface area contributed by atoms with Crippen LogP contribution in [-0.2, 0) is 6.18 Å². The van der Waals surface area contributed by atoms with Crippen molar-refractivity contribution in [3.8, 4) is 0 Å². The van der Waals surface area contributed by atoms with Crippen molar-refractivity contribution in [1.82, 2.24) is 0 Å². The summed E-state index contributed by atoms with van der Waals surface area (Å²) in [5.74, 6) is -0.0340. The summed E-state index contributed by atoms with van der Waals surface area (Å²) in [7, 11) is 0. The van der Waals surface area contributed by atoms with Gasteiger partial charge in [0, 0.05) is 0 Å². The van der Waals surface area contributed by atoms with Crippen LogP contribution in [0.25, 0.3) is 0 Å². The van der Waals surface area contributed by atoms with Crippen LogP contribution in [-0.4, -0.2) is 16.3 Å². The Kier molecular flexibility index (Phi) is 4.70. The first kappa shape index (κ1) is 15.3. The molecule has 5 heteroatoms. The average molecular weight is 288 g/mol. The summed E-state index contributed by atoms with van der Waals surface area (Å²) < 4.78 is 37.9. The topological polar surface area (TPSA) is 40.5 Å². The highest BCUT2D eigenvalue weighted by molar-refractivity contribution is 5.27. The Morgan fingerprint density at radius 2 is 1.70 bits per heavy atom. The average Bonchev–Trinajstić information content (AvgIpc) is 2.46. The first-order valence-electron chi connectivity index (χ1n) is 6.93. The number of hydrogen-bond acceptors (Lipinski definition) is 2. The molecule has 0 aliphatic heterocycles. The van der Waals surface area contributed by atoms with E-state index >= 15 is 0 Å². The largest absolute Gasteiger partial charge is 0.416 e. The molecule has 0 saturated heterocycles. The molecule has 2 N–H and O–H groups in total. The molecule has 1 fully saturated rings. The van der Waals surface area contributed by atoms with Crippen LogP contribution < -0.4 is 0 Å². The van der Waals surface area contributed by atoms with E-state index in [0.29, 0.717) is 0 Å². The zero-order valence-corrected chi connectivity index (χ0v) is 11.1. The van der Waals surface area contributed by atoms with Gasteiger partial charge in [-0.15, -0.1) is 0 Å². The Bertz CT molecular complexity index is 439. The number of aliphatic hydroxyl groups is 2. The summed E-state index contributed by atoms with van der Waals surface area (Å²) in [4.78, 5) is 0. The van der Waals surface area contributed by atoms with E-state index in [9.17, 15) is 23.4 Å². The molecule has 20 heavy (non-hydrogen) atoms. The third-order valence-corrected chi connectivity index (χ3v) is 4.01. The molecule has 0 bridgehead atoms. The lowest BCUT2D eigenvalue weighted by molar-refractivity contribution is -0.137. The van der Waals surface area contributed by atoms with Crippen molar-refractivity contribution in [1.29, 1.82) is 0 Å². The minimum absolute atomic E-state index is 0.0340. The molecule has 1 aliphatic carbocycles. The molecule has 2 unspecified atom stereocenters. The third kappa shape index (κ3) is 3.52. The summed E-state index contributed by atoms with van der Waals surface area (Å²) in [6, 6.07) is 4.56. The lowest BCUT2D eigenvalue weighted by atomic mass is 9.82. The Balaban J connectivity index is 2.13. The minimum atomic E-state index is -4.44. The van der Waals surface area contributed by atoms with Gasteiger partial charge in [0.25, 0.3) is 0 Å². The molecule has 112 valence electrons. The second-order valence-electron chi connectivity index (χ2n) is 5.46. The number of hydrogen-bond donors (Lipinski definition) is 2. The second kappa shape index (κ2) is 6.14. The predicted molar refractivity (Wildman–Crippen MR) is 69.0 cm³/mol. The zero-order valence-electron chi connectivity index (χ0n) is 11.1. The molecule has 2 rings (SSSR count). The summed E-state index contributed by atoms with van der Waals surface area (Å²) in [5.41, 5.74) is -0.678. The molecule has 0 amide bonds. The van der Waals surface area contributed by atoms with Gasteiger partial charge in [-0.25, -0.2) is 0 Å². The number of alkyl halides is 3. The van der Waals surface area contributed by atoms with E-state index in [4.69, 9.17) is 0 Å². The second-order valence-corrected chi connectivity index (χ2v) is 5.46. The van der Waals surface area contributed by atoms with E-state index in [2.05, 4.69) is 0 Å². The molecule has 2 nitrogen and oxygen atoms in total. The van der Waals surface area contributed by atoms with Gasteiger partial charge < -0.3 is 10.2 Å². The quantitative estimate of drug-likeness (QED) is 0.890. The van der Waals surface area contributed by atoms with E-state index < -0.39 is 23.9 Å². The van der Waals surface area contributed by atoms with Gasteiger partial charge >= 0.3 is 6.18 Å². The minimum Gasteiger partial charge on any atom is -0.390 e. The summed E-state index contributed by atoms with van der Waals surface area (Å²) in [5, 5.41) is 20.3. The normalized spacial score (nSPS) is 20.6. The van der Waals surface area contributed by atoms with Crippen molar-refractivity contribution in [3.05, 3.63) is 35.4 Å². The molecular formula is C15H19F3O2. The van der Waals surface area contributed by atoms with Gasteiger partial charge in [0.05, 0.1) is 11.7 Å². The van der Waals surface area contributed by atoms with Gasteiger partial charge in [0.1, 0.15) is 6.10 Å². The van der Waals surface area contributed by atoms with Crippen LogP contribution in [0.4, 0.5) is 13.2 Å². The molecule has 0 aromatic heterocycles. The van der Waals surface area contributed by atoms with E-state index in [1.165, 1.54) is 12.1 Å². The molecule has 0 radical (unpaired) electrons. The Morgan fingerprint density at radius 3 is 2.30 bits per heavy atom. The van der Waals surface area contributed by atoms with Crippen molar-refractivity contribution >= 4 is 0 Å². The molecule has 1 aromatic rings. The first-order chi connectivity index (χ1) is 9.39. The number of aliphatic hydroxyl groups excluding tert-OH is 2. The van der Waals surface area contributed by atoms with E-state index in [1.807, 2.05) is 0 Å². The van der Waals surface area contributed by atoms with Crippen LogP contribution in [0.15, 0.2) is 24.3 Å². The predicted octanol–water partition coefficient (Wildman–Crippen LogP) is 3.68. The molecular weight excluding hydrogens is 269 g/mol. The zero-order chi connectivity index (χ0) is 14.8. The van der Waals surface area contributed by atoms with Crippen molar-refractivity contribution < 1.29 is 23.4 Å². The smallest absolute Gasteiger partial charge is 0.390 e. The molecule has 1 aliphatic rings.